The molecule has 1 aliphatic heterocycles. The van der Waals surface area contributed by atoms with Crippen molar-refractivity contribution in [2.75, 3.05) is 19.8 Å². The van der Waals surface area contributed by atoms with Gasteiger partial charge < -0.3 is 9.64 Å². The fourth-order valence-electron chi connectivity index (χ4n) is 3.35. The lowest BCUT2D eigenvalue weighted by Crippen LogP contribution is -2.52. The first-order valence-corrected chi connectivity index (χ1v) is 7.24. The van der Waals surface area contributed by atoms with Crippen molar-refractivity contribution in [2.45, 2.75) is 51.0 Å². The number of ether oxygens (including phenoxy) is 1. The van der Waals surface area contributed by atoms with E-state index in [1.807, 2.05) is 0 Å². The van der Waals surface area contributed by atoms with E-state index in [2.05, 4.69) is 4.90 Å². The van der Waals surface area contributed by atoms with E-state index in [1.165, 1.54) is 32.1 Å². The zero-order chi connectivity index (χ0) is 11.7. The van der Waals surface area contributed by atoms with Crippen LogP contribution in [0, 0.1) is 11.8 Å². The molecule has 0 bridgehead atoms. The van der Waals surface area contributed by atoms with Crippen LogP contribution in [0.4, 0.5) is 0 Å². The highest BCUT2D eigenvalue weighted by Gasteiger charge is 2.40. The van der Waals surface area contributed by atoms with Crippen molar-refractivity contribution in [2.24, 2.45) is 11.8 Å². The monoisotopic (exact) mass is 237 g/mol. The minimum absolute atomic E-state index is 0.322. The van der Waals surface area contributed by atoms with E-state index in [1.54, 1.807) is 0 Å². The standard InChI is InChI=1S/C14H23NO2/c16-14(12-4-2-1-3-5-12)15-8-9-17-10-13(15)11-6-7-11/h11-13H,1-10H2/t13-/m1/s1. The molecule has 2 saturated carbocycles. The third-order valence-electron chi connectivity index (χ3n) is 4.57. The normalized spacial score (nSPS) is 31.5. The molecule has 3 nitrogen and oxygen atoms in total. The summed E-state index contributed by atoms with van der Waals surface area (Å²) in [7, 11) is 0. The number of hydrogen-bond donors (Lipinski definition) is 0. The molecule has 1 saturated heterocycles. The smallest absolute Gasteiger partial charge is 0.226 e. The molecule has 0 aromatic heterocycles. The molecule has 3 fully saturated rings. The van der Waals surface area contributed by atoms with Gasteiger partial charge in [0.25, 0.3) is 0 Å². The van der Waals surface area contributed by atoms with E-state index in [0.717, 1.165) is 38.5 Å². The average molecular weight is 237 g/mol. The van der Waals surface area contributed by atoms with Crippen LogP contribution < -0.4 is 0 Å². The van der Waals surface area contributed by atoms with Crippen molar-refractivity contribution in [3.63, 3.8) is 0 Å². The number of rotatable bonds is 2. The molecule has 0 radical (unpaired) electrons. The second-order valence-corrected chi connectivity index (χ2v) is 5.85. The molecule has 0 aromatic carbocycles. The summed E-state index contributed by atoms with van der Waals surface area (Å²) >= 11 is 0. The van der Waals surface area contributed by atoms with Crippen LogP contribution in [0.3, 0.4) is 0 Å². The van der Waals surface area contributed by atoms with Gasteiger partial charge in [-0.1, -0.05) is 19.3 Å². The van der Waals surface area contributed by atoms with Gasteiger partial charge in [0.2, 0.25) is 5.91 Å². The molecule has 2 aliphatic carbocycles. The molecule has 96 valence electrons. The van der Waals surface area contributed by atoms with Crippen LogP contribution in [0.1, 0.15) is 44.9 Å². The second kappa shape index (κ2) is 4.97. The van der Waals surface area contributed by atoms with Crippen LogP contribution in [0.15, 0.2) is 0 Å². The van der Waals surface area contributed by atoms with Crippen molar-refractivity contribution >= 4 is 5.91 Å². The van der Waals surface area contributed by atoms with Gasteiger partial charge in [0.15, 0.2) is 0 Å². The molecule has 0 unspecified atom stereocenters. The Morgan fingerprint density at radius 1 is 1.06 bits per heavy atom. The fourth-order valence-corrected chi connectivity index (χ4v) is 3.35. The van der Waals surface area contributed by atoms with E-state index in [-0.39, 0.29) is 0 Å². The lowest BCUT2D eigenvalue weighted by Gasteiger charge is -2.38. The lowest BCUT2D eigenvalue weighted by molar-refractivity contribution is -0.146. The first-order chi connectivity index (χ1) is 8.36. The maximum Gasteiger partial charge on any atom is 0.226 e. The summed E-state index contributed by atoms with van der Waals surface area (Å²) < 4.78 is 5.56. The first kappa shape index (κ1) is 11.5. The maximum absolute atomic E-state index is 12.6. The number of carbonyl (C=O) groups is 1. The van der Waals surface area contributed by atoms with Crippen LogP contribution >= 0.6 is 0 Å². The second-order valence-electron chi connectivity index (χ2n) is 5.85. The van der Waals surface area contributed by atoms with Gasteiger partial charge in [-0.05, 0) is 31.6 Å². The van der Waals surface area contributed by atoms with Crippen molar-refractivity contribution < 1.29 is 9.53 Å². The number of nitrogens with zero attached hydrogens (tertiary/aromatic N) is 1. The quantitative estimate of drug-likeness (QED) is 0.737. The first-order valence-electron chi connectivity index (χ1n) is 7.24. The Hall–Kier alpha value is -0.570. The third kappa shape index (κ3) is 2.49. The van der Waals surface area contributed by atoms with Crippen molar-refractivity contribution in [3.05, 3.63) is 0 Å². The van der Waals surface area contributed by atoms with Crippen LogP contribution in [0.2, 0.25) is 0 Å². The van der Waals surface area contributed by atoms with Gasteiger partial charge in [-0.3, -0.25) is 4.79 Å². The maximum atomic E-state index is 12.6. The summed E-state index contributed by atoms with van der Waals surface area (Å²) in [5.74, 6) is 1.50. The van der Waals surface area contributed by atoms with Crippen molar-refractivity contribution in [1.82, 2.24) is 4.90 Å². The van der Waals surface area contributed by atoms with Crippen LogP contribution in [0.25, 0.3) is 0 Å². The molecule has 0 N–H and O–H groups in total. The molecule has 1 atom stereocenters. The zero-order valence-corrected chi connectivity index (χ0v) is 10.6. The topological polar surface area (TPSA) is 29.5 Å². The van der Waals surface area contributed by atoms with E-state index < -0.39 is 0 Å². The average Bonchev–Trinajstić information content (AvgIpc) is 3.23. The van der Waals surface area contributed by atoms with Gasteiger partial charge >= 0.3 is 0 Å². The Bertz CT molecular complexity index is 282. The Balaban J connectivity index is 1.65. The fraction of sp³-hybridized carbons (Fsp3) is 0.929. The van der Waals surface area contributed by atoms with Gasteiger partial charge in [-0.15, -0.1) is 0 Å². The summed E-state index contributed by atoms with van der Waals surface area (Å²) in [6.07, 6.45) is 8.63. The van der Waals surface area contributed by atoms with E-state index >= 15 is 0 Å². The van der Waals surface area contributed by atoms with E-state index in [9.17, 15) is 4.79 Å². The summed E-state index contributed by atoms with van der Waals surface area (Å²) in [5.41, 5.74) is 0. The molecule has 17 heavy (non-hydrogen) atoms. The molecule has 3 rings (SSSR count). The molecular weight excluding hydrogens is 214 g/mol. The third-order valence-corrected chi connectivity index (χ3v) is 4.57. The molecule has 3 heteroatoms. The van der Waals surface area contributed by atoms with E-state index in [0.29, 0.717) is 17.9 Å². The Morgan fingerprint density at radius 3 is 2.53 bits per heavy atom. The molecule has 1 heterocycles. The van der Waals surface area contributed by atoms with Gasteiger partial charge in [0.05, 0.1) is 19.3 Å². The van der Waals surface area contributed by atoms with Gasteiger partial charge in [-0.25, -0.2) is 0 Å². The van der Waals surface area contributed by atoms with Crippen LogP contribution in [-0.4, -0.2) is 36.6 Å². The Kier molecular flexibility index (Phi) is 3.37. The van der Waals surface area contributed by atoms with Crippen molar-refractivity contribution in [1.29, 1.82) is 0 Å². The minimum Gasteiger partial charge on any atom is -0.377 e. The Morgan fingerprint density at radius 2 is 1.82 bits per heavy atom. The number of hydrogen-bond acceptors (Lipinski definition) is 2. The highest BCUT2D eigenvalue weighted by molar-refractivity contribution is 5.79. The molecule has 0 spiro atoms. The van der Waals surface area contributed by atoms with Crippen LogP contribution in [0.5, 0.6) is 0 Å². The minimum atomic E-state index is 0.322. The summed E-state index contributed by atoms with van der Waals surface area (Å²) in [6.45, 7) is 2.35. The molecule has 3 aliphatic rings. The number of amides is 1. The number of carbonyl (C=O) groups excluding carboxylic acids is 1. The molecule has 1 amide bonds. The van der Waals surface area contributed by atoms with Gasteiger partial charge in [0, 0.05) is 12.5 Å². The van der Waals surface area contributed by atoms with E-state index in [4.69, 9.17) is 4.74 Å². The highest BCUT2D eigenvalue weighted by Crippen LogP contribution is 2.38. The highest BCUT2D eigenvalue weighted by atomic mass is 16.5. The molecule has 0 aromatic rings. The summed E-state index contributed by atoms with van der Waals surface area (Å²) in [5, 5.41) is 0. The largest absolute Gasteiger partial charge is 0.377 e. The van der Waals surface area contributed by atoms with Gasteiger partial charge in [0.1, 0.15) is 0 Å². The predicted octanol–water partition coefficient (Wildman–Crippen LogP) is 2.20. The lowest BCUT2D eigenvalue weighted by atomic mass is 9.87. The summed E-state index contributed by atoms with van der Waals surface area (Å²) in [4.78, 5) is 14.7. The SMILES string of the molecule is O=C(C1CCCCC1)N1CCOC[C@@H]1C1CC1. The predicted molar refractivity (Wildman–Crippen MR) is 65.6 cm³/mol. The van der Waals surface area contributed by atoms with Crippen LogP contribution in [-0.2, 0) is 9.53 Å². The zero-order valence-electron chi connectivity index (χ0n) is 10.6. The molecular formula is C14H23NO2. The number of morpholine rings is 1. The van der Waals surface area contributed by atoms with Crippen molar-refractivity contribution in [3.8, 4) is 0 Å². The summed E-state index contributed by atoms with van der Waals surface area (Å²) in [6, 6.07) is 0.401. The van der Waals surface area contributed by atoms with Gasteiger partial charge in [-0.2, -0.15) is 0 Å². The Labute approximate surface area is 104 Å².